The van der Waals surface area contributed by atoms with Crippen LogP contribution < -0.4 is 11.1 Å². The molecular formula is C35H54N6OP2. The van der Waals surface area contributed by atoms with Gasteiger partial charge < -0.3 is 16.0 Å². The fourth-order valence-corrected chi connectivity index (χ4v) is 7.92. The molecule has 2 unspecified atom stereocenters. The van der Waals surface area contributed by atoms with Crippen LogP contribution in [0.25, 0.3) is 0 Å². The molecule has 1 amide bonds. The van der Waals surface area contributed by atoms with Crippen molar-refractivity contribution >= 4 is 30.1 Å². The number of hydrogen-bond acceptors (Lipinski definition) is 6. The van der Waals surface area contributed by atoms with Crippen LogP contribution in [0, 0.1) is 5.92 Å². The molecule has 1 saturated carbocycles. The SMILES string of the molecule is CN(CC[C@@H](NC(=O)C1CCC(P)(P)CC1)c1ccccc1)[C@@H]1CN=C(CN(CCCCN)[C@H]2CCCc3cccnc32)C1. The van der Waals surface area contributed by atoms with Crippen molar-refractivity contribution in [3.8, 4) is 0 Å². The fourth-order valence-electron chi connectivity index (χ4n) is 7.25. The maximum Gasteiger partial charge on any atom is 0.223 e. The number of hydrogen-bond donors (Lipinski definition) is 2. The number of unbranched alkanes of at least 4 members (excludes halogenated alkanes) is 1. The summed E-state index contributed by atoms with van der Waals surface area (Å²) in [5.74, 6) is 0.324. The van der Waals surface area contributed by atoms with E-state index in [-0.39, 0.29) is 22.8 Å². The van der Waals surface area contributed by atoms with Gasteiger partial charge in [-0.25, -0.2) is 0 Å². The predicted octanol–water partition coefficient (Wildman–Crippen LogP) is 5.53. The minimum Gasteiger partial charge on any atom is -0.349 e. The number of amides is 1. The van der Waals surface area contributed by atoms with Crippen molar-refractivity contribution in [2.45, 2.75) is 93.7 Å². The molecule has 2 heterocycles. The van der Waals surface area contributed by atoms with Crippen LogP contribution in [-0.4, -0.2) is 77.1 Å². The molecule has 44 heavy (non-hydrogen) atoms. The molecule has 0 spiro atoms. The average Bonchev–Trinajstić information content (AvgIpc) is 3.51. The first kappa shape index (κ1) is 33.6. The van der Waals surface area contributed by atoms with Crippen LogP contribution in [-0.2, 0) is 11.2 Å². The fraction of sp³-hybridized carbons (Fsp3) is 0.629. The third-order valence-electron chi connectivity index (χ3n) is 10.1. The zero-order valence-electron chi connectivity index (χ0n) is 26.7. The van der Waals surface area contributed by atoms with Crippen molar-refractivity contribution in [1.29, 1.82) is 0 Å². The largest absolute Gasteiger partial charge is 0.349 e. The van der Waals surface area contributed by atoms with Crippen molar-refractivity contribution in [3.05, 3.63) is 65.5 Å². The van der Waals surface area contributed by atoms with Gasteiger partial charge in [0, 0.05) is 43.4 Å². The molecule has 7 nitrogen and oxygen atoms in total. The van der Waals surface area contributed by atoms with E-state index in [0.29, 0.717) is 12.1 Å². The van der Waals surface area contributed by atoms with Crippen molar-refractivity contribution in [2.24, 2.45) is 16.6 Å². The Balaban J connectivity index is 1.17. The van der Waals surface area contributed by atoms with Gasteiger partial charge in [0.05, 0.1) is 24.3 Å². The molecule has 0 radical (unpaired) electrons. The van der Waals surface area contributed by atoms with Crippen molar-refractivity contribution < 1.29 is 4.79 Å². The highest BCUT2D eigenvalue weighted by Crippen LogP contribution is 2.43. The number of aryl methyl sites for hydroxylation is 1. The smallest absolute Gasteiger partial charge is 0.223 e. The zero-order valence-corrected chi connectivity index (χ0v) is 29.0. The molecule has 2 aromatic rings. The standard InChI is InChI=1S/C35H54N6OP2/c1-40(22-16-31(26-9-3-2-4-10-26)39-34(42)28-14-17-35(43,44)18-15-28)30-23-29(38-24-30)25-41(21-6-5-19-36)32-13-7-11-27-12-8-20-37-33(27)32/h2-4,8-10,12,20,28,30-32H,5-7,11,13-19,21-25,36,43-44H2,1H3,(H,39,42)/t30-,31+,32-/m0/s1. The van der Waals surface area contributed by atoms with Crippen LogP contribution in [0.2, 0.25) is 0 Å². The van der Waals surface area contributed by atoms with E-state index >= 15 is 0 Å². The van der Waals surface area contributed by atoms with Crippen molar-refractivity contribution in [1.82, 2.24) is 20.1 Å². The van der Waals surface area contributed by atoms with Crippen LogP contribution in [0.1, 0.15) is 93.1 Å². The number of aliphatic imine (C=N–C) groups is 1. The highest BCUT2D eigenvalue weighted by molar-refractivity contribution is 7.39. The van der Waals surface area contributed by atoms with Gasteiger partial charge in [-0.05, 0) is 106 Å². The normalized spacial score (nSPS) is 22.5. The van der Waals surface area contributed by atoms with Crippen molar-refractivity contribution in [2.75, 3.05) is 39.8 Å². The summed E-state index contributed by atoms with van der Waals surface area (Å²) in [7, 11) is 8.14. The van der Waals surface area contributed by atoms with Crippen LogP contribution in [0.5, 0.6) is 0 Å². The molecule has 1 aromatic carbocycles. The number of rotatable bonds is 14. The Morgan fingerprint density at radius 3 is 2.66 bits per heavy atom. The topological polar surface area (TPSA) is 86.9 Å². The Kier molecular flexibility index (Phi) is 12.4. The van der Waals surface area contributed by atoms with E-state index in [9.17, 15) is 4.79 Å². The minimum absolute atomic E-state index is 0.0172. The first-order chi connectivity index (χ1) is 21.3. The predicted molar refractivity (Wildman–Crippen MR) is 189 cm³/mol. The molecule has 5 atom stereocenters. The Hall–Kier alpha value is -1.75. The summed E-state index contributed by atoms with van der Waals surface area (Å²) in [5, 5.41) is 3.45. The van der Waals surface area contributed by atoms with Crippen molar-refractivity contribution in [3.63, 3.8) is 0 Å². The average molecular weight is 637 g/mol. The van der Waals surface area contributed by atoms with E-state index in [1.165, 1.54) is 29.0 Å². The maximum atomic E-state index is 13.4. The Morgan fingerprint density at radius 2 is 1.89 bits per heavy atom. The summed E-state index contributed by atoms with van der Waals surface area (Å²) in [6.45, 7) is 4.44. The maximum absolute atomic E-state index is 13.4. The van der Waals surface area contributed by atoms with Gasteiger partial charge in [-0.3, -0.25) is 19.7 Å². The zero-order chi connectivity index (χ0) is 30.9. The molecule has 3 aliphatic rings. The second-order valence-corrected chi connectivity index (χ2v) is 16.4. The third-order valence-corrected chi connectivity index (χ3v) is 11.2. The molecule has 3 N–H and O–H groups in total. The van der Waals surface area contributed by atoms with Gasteiger partial charge in [-0.2, -0.15) is 0 Å². The van der Waals surface area contributed by atoms with Gasteiger partial charge in [0.1, 0.15) is 0 Å². The number of nitrogens with zero attached hydrogens (tertiary/aromatic N) is 4. The van der Waals surface area contributed by atoms with Crippen LogP contribution in [0.15, 0.2) is 53.7 Å². The summed E-state index contributed by atoms with van der Waals surface area (Å²) >= 11 is 0. The van der Waals surface area contributed by atoms with Gasteiger partial charge in [0.25, 0.3) is 0 Å². The molecule has 1 fully saturated rings. The quantitative estimate of drug-likeness (QED) is 0.211. The Morgan fingerprint density at radius 1 is 1.09 bits per heavy atom. The second kappa shape index (κ2) is 16.2. The molecule has 240 valence electrons. The number of pyridine rings is 1. The van der Waals surface area contributed by atoms with Gasteiger partial charge >= 0.3 is 0 Å². The molecule has 1 aromatic heterocycles. The number of fused-ring (bicyclic) bond motifs is 1. The first-order valence-electron chi connectivity index (χ1n) is 16.9. The molecule has 0 saturated heterocycles. The summed E-state index contributed by atoms with van der Waals surface area (Å²) in [4.78, 5) is 28.6. The molecule has 0 bridgehead atoms. The summed E-state index contributed by atoms with van der Waals surface area (Å²) < 4.78 is 0. The van der Waals surface area contributed by atoms with Gasteiger partial charge in [0.15, 0.2) is 0 Å². The van der Waals surface area contributed by atoms with E-state index in [2.05, 4.69) is 77.0 Å². The minimum atomic E-state index is 0.0172. The van der Waals surface area contributed by atoms with Crippen LogP contribution in [0.4, 0.5) is 0 Å². The number of carbonyl (C=O) groups is 1. The van der Waals surface area contributed by atoms with E-state index in [0.717, 1.165) is 96.9 Å². The molecule has 1 aliphatic heterocycles. The molecular weight excluding hydrogens is 582 g/mol. The highest BCUT2D eigenvalue weighted by atomic mass is 31.1. The highest BCUT2D eigenvalue weighted by Gasteiger charge is 2.33. The van der Waals surface area contributed by atoms with Crippen LogP contribution >= 0.6 is 18.5 Å². The summed E-state index contributed by atoms with van der Waals surface area (Å²) in [5.41, 5.74) is 11.0. The second-order valence-electron chi connectivity index (χ2n) is 13.4. The Labute approximate surface area is 270 Å². The van der Waals surface area contributed by atoms with E-state index in [4.69, 9.17) is 15.7 Å². The number of likely N-dealkylation sites (N-methyl/N-ethyl adjacent to an activating group) is 1. The first-order valence-corrected chi connectivity index (χ1v) is 18.0. The Bertz CT molecular complexity index is 1230. The van der Waals surface area contributed by atoms with E-state index < -0.39 is 0 Å². The molecule has 9 heteroatoms. The summed E-state index contributed by atoms with van der Waals surface area (Å²) in [6, 6.07) is 15.6. The lowest BCUT2D eigenvalue weighted by Gasteiger charge is -2.35. The van der Waals surface area contributed by atoms with E-state index in [1.807, 2.05) is 12.3 Å². The molecule has 5 rings (SSSR count). The monoisotopic (exact) mass is 636 g/mol. The van der Waals surface area contributed by atoms with Crippen LogP contribution in [0.3, 0.4) is 0 Å². The number of benzene rings is 1. The van der Waals surface area contributed by atoms with Gasteiger partial charge in [-0.15, -0.1) is 18.5 Å². The van der Waals surface area contributed by atoms with E-state index in [1.54, 1.807) is 0 Å². The lowest BCUT2D eigenvalue weighted by atomic mass is 9.87. The number of carbonyl (C=O) groups excluding carboxylic acids is 1. The van der Waals surface area contributed by atoms with Gasteiger partial charge in [-0.1, -0.05) is 36.4 Å². The number of nitrogens with one attached hydrogen (secondary N) is 1. The summed E-state index contributed by atoms with van der Waals surface area (Å²) in [6.07, 6.45) is 13.5. The molecule has 2 aliphatic carbocycles. The third kappa shape index (κ3) is 9.17. The number of aromatic nitrogens is 1. The number of nitrogens with two attached hydrogens (primary N) is 1. The van der Waals surface area contributed by atoms with Gasteiger partial charge in [0.2, 0.25) is 5.91 Å². The lowest BCUT2D eigenvalue weighted by Crippen LogP contribution is -2.40. The lowest BCUT2D eigenvalue weighted by molar-refractivity contribution is -0.126.